The highest BCUT2D eigenvalue weighted by Gasteiger charge is 2.28. The van der Waals surface area contributed by atoms with E-state index in [0.29, 0.717) is 5.92 Å². The molecule has 0 amide bonds. The van der Waals surface area contributed by atoms with E-state index in [1.807, 2.05) is 0 Å². The minimum atomic E-state index is -0.203. The summed E-state index contributed by atoms with van der Waals surface area (Å²) in [6, 6.07) is 6.50. The minimum absolute atomic E-state index is 0.203. The summed E-state index contributed by atoms with van der Waals surface area (Å²) in [6.45, 7) is 5.46. The third kappa shape index (κ3) is 3.64. The van der Waals surface area contributed by atoms with E-state index in [2.05, 4.69) is 46.8 Å². The van der Waals surface area contributed by atoms with Gasteiger partial charge in [-0.3, -0.25) is 0 Å². The molecule has 0 bridgehead atoms. The van der Waals surface area contributed by atoms with Gasteiger partial charge in [-0.25, -0.2) is 0 Å². The zero-order valence-corrected chi connectivity index (χ0v) is 14.7. The molecule has 0 radical (unpaired) electrons. The zero-order chi connectivity index (χ0) is 15.4. The lowest BCUT2D eigenvalue weighted by molar-refractivity contribution is -0.183. The fraction of sp³-hybridized carbons (Fsp3) is 0.579. The maximum atomic E-state index is 5.87. The van der Waals surface area contributed by atoms with Crippen molar-refractivity contribution in [2.24, 2.45) is 5.92 Å². The first-order chi connectivity index (χ1) is 10.8. The van der Waals surface area contributed by atoms with E-state index in [1.165, 1.54) is 36.8 Å². The molecule has 1 heterocycles. The Morgan fingerprint density at radius 3 is 2.55 bits per heavy atom. The maximum Gasteiger partial charge on any atom is 0.185 e. The van der Waals surface area contributed by atoms with Gasteiger partial charge in [0.15, 0.2) is 6.29 Å². The summed E-state index contributed by atoms with van der Waals surface area (Å²) in [4.78, 5) is 0. The largest absolute Gasteiger partial charge is 0.348 e. The standard InChI is InChI=1S/C19H25BrO2/c1-2-5-14-8-10-15(11-9-14)16-6-3-7-17(20)18(16)19-21-12-4-13-22-19/h2-3,6-7,14-15,19H,1,4-5,8-13H2. The Morgan fingerprint density at radius 2 is 1.86 bits per heavy atom. The molecule has 1 aromatic rings. The first kappa shape index (κ1) is 16.2. The molecule has 0 atom stereocenters. The van der Waals surface area contributed by atoms with Crippen LogP contribution in [0, 0.1) is 5.92 Å². The van der Waals surface area contributed by atoms with Crippen molar-refractivity contribution in [2.75, 3.05) is 13.2 Å². The van der Waals surface area contributed by atoms with Crippen molar-refractivity contribution in [1.29, 1.82) is 0 Å². The molecular formula is C19H25BrO2. The molecule has 0 aromatic heterocycles. The van der Waals surface area contributed by atoms with E-state index in [-0.39, 0.29) is 6.29 Å². The second kappa shape index (κ2) is 7.76. The number of rotatable bonds is 4. The summed E-state index contributed by atoms with van der Waals surface area (Å²) in [6.07, 6.45) is 9.13. The third-order valence-corrected chi connectivity index (χ3v) is 5.63. The number of hydrogen-bond acceptors (Lipinski definition) is 2. The summed E-state index contributed by atoms with van der Waals surface area (Å²) in [5.74, 6) is 1.45. The van der Waals surface area contributed by atoms with Gasteiger partial charge in [-0.15, -0.1) is 6.58 Å². The van der Waals surface area contributed by atoms with Crippen molar-refractivity contribution in [3.63, 3.8) is 0 Å². The predicted molar refractivity (Wildman–Crippen MR) is 92.9 cm³/mol. The van der Waals surface area contributed by atoms with Crippen LogP contribution in [0.4, 0.5) is 0 Å². The maximum absolute atomic E-state index is 5.87. The van der Waals surface area contributed by atoms with Gasteiger partial charge in [0.1, 0.15) is 0 Å². The second-order valence-corrected chi connectivity index (χ2v) is 7.27. The Hall–Kier alpha value is -0.640. The molecule has 3 heteroatoms. The molecule has 1 aliphatic heterocycles. The number of allylic oxidation sites excluding steroid dienone is 1. The van der Waals surface area contributed by atoms with Crippen molar-refractivity contribution < 1.29 is 9.47 Å². The van der Waals surface area contributed by atoms with Gasteiger partial charge in [0.2, 0.25) is 0 Å². The summed E-state index contributed by atoms with van der Waals surface area (Å²) in [5, 5.41) is 0. The molecular weight excluding hydrogens is 340 g/mol. The van der Waals surface area contributed by atoms with Gasteiger partial charge in [0, 0.05) is 10.0 Å². The third-order valence-electron chi connectivity index (χ3n) is 4.94. The molecule has 1 saturated heterocycles. The Balaban J connectivity index is 1.78. The molecule has 1 aliphatic carbocycles. The molecule has 2 nitrogen and oxygen atoms in total. The Morgan fingerprint density at radius 1 is 1.14 bits per heavy atom. The number of ether oxygens (including phenoxy) is 2. The van der Waals surface area contributed by atoms with Crippen molar-refractivity contribution in [3.8, 4) is 0 Å². The molecule has 1 aromatic carbocycles. The minimum Gasteiger partial charge on any atom is -0.348 e. The highest BCUT2D eigenvalue weighted by atomic mass is 79.9. The number of halogens is 1. The monoisotopic (exact) mass is 364 g/mol. The van der Waals surface area contributed by atoms with Crippen LogP contribution in [0.1, 0.15) is 61.9 Å². The van der Waals surface area contributed by atoms with Gasteiger partial charge in [0.05, 0.1) is 13.2 Å². The van der Waals surface area contributed by atoms with E-state index in [4.69, 9.17) is 9.47 Å². The molecule has 3 rings (SSSR count). The Bertz CT molecular complexity index is 500. The lowest BCUT2D eigenvalue weighted by Crippen LogP contribution is -2.21. The quantitative estimate of drug-likeness (QED) is 0.634. The first-order valence-corrected chi connectivity index (χ1v) is 9.21. The average molecular weight is 365 g/mol. The molecule has 1 saturated carbocycles. The van der Waals surface area contributed by atoms with Crippen LogP contribution in [0.2, 0.25) is 0 Å². The Labute approximate surface area is 142 Å². The van der Waals surface area contributed by atoms with Crippen molar-refractivity contribution in [3.05, 3.63) is 46.5 Å². The second-order valence-electron chi connectivity index (χ2n) is 6.41. The molecule has 0 N–H and O–H groups in total. The molecule has 2 aliphatic rings. The van der Waals surface area contributed by atoms with Crippen LogP contribution < -0.4 is 0 Å². The smallest absolute Gasteiger partial charge is 0.185 e. The van der Waals surface area contributed by atoms with E-state index in [9.17, 15) is 0 Å². The van der Waals surface area contributed by atoms with Crippen LogP contribution in [-0.4, -0.2) is 13.2 Å². The molecule has 2 fully saturated rings. The van der Waals surface area contributed by atoms with Gasteiger partial charge in [-0.1, -0.05) is 34.1 Å². The molecule has 0 unspecified atom stereocenters. The van der Waals surface area contributed by atoms with Gasteiger partial charge in [-0.05, 0) is 62.0 Å². The van der Waals surface area contributed by atoms with Crippen LogP contribution in [0.25, 0.3) is 0 Å². The predicted octanol–water partition coefficient (Wildman–Crippen LogP) is 5.73. The Kier molecular flexibility index (Phi) is 5.72. The zero-order valence-electron chi connectivity index (χ0n) is 13.1. The highest BCUT2D eigenvalue weighted by Crippen LogP contribution is 2.42. The molecule has 22 heavy (non-hydrogen) atoms. The fourth-order valence-electron chi connectivity index (χ4n) is 3.76. The van der Waals surface area contributed by atoms with E-state index in [1.54, 1.807) is 0 Å². The lowest BCUT2D eigenvalue weighted by Gasteiger charge is -2.32. The molecule has 120 valence electrons. The van der Waals surface area contributed by atoms with Crippen LogP contribution in [0.3, 0.4) is 0 Å². The van der Waals surface area contributed by atoms with Gasteiger partial charge < -0.3 is 9.47 Å². The van der Waals surface area contributed by atoms with E-state index in [0.717, 1.165) is 36.4 Å². The van der Waals surface area contributed by atoms with Gasteiger partial charge >= 0.3 is 0 Å². The lowest BCUT2D eigenvalue weighted by atomic mass is 9.76. The highest BCUT2D eigenvalue weighted by molar-refractivity contribution is 9.10. The van der Waals surface area contributed by atoms with Crippen LogP contribution >= 0.6 is 15.9 Å². The summed E-state index contributed by atoms with van der Waals surface area (Å²) in [7, 11) is 0. The van der Waals surface area contributed by atoms with Crippen molar-refractivity contribution in [2.45, 2.75) is 50.7 Å². The van der Waals surface area contributed by atoms with Crippen molar-refractivity contribution >= 4 is 15.9 Å². The van der Waals surface area contributed by atoms with Gasteiger partial charge in [0.25, 0.3) is 0 Å². The average Bonchev–Trinajstić information content (AvgIpc) is 2.56. The van der Waals surface area contributed by atoms with Crippen LogP contribution in [0.15, 0.2) is 35.3 Å². The SMILES string of the molecule is C=CCC1CCC(c2cccc(Br)c2C2OCCCO2)CC1. The first-order valence-electron chi connectivity index (χ1n) is 8.42. The number of benzene rings is 1. The topological polar surface area (TPSA) is 18.5 Å². The fourth-order valence-corrected chi connectivity index (χ4v) is 4.33. The molecule has 0 spiro atoms. The summed E-state index contributed by atoms with van der Waals surface area (Å²) >= 11 is 3.71. The van der Waals surface area contributed by atoms with Gasteiger partial charge in [-0.2, -0.15) is 0 Å². The summed E-state index contributed by atoms with van der Waals surface area (Å²) in [5.41, 5.74) is 2.63. The van der Waals surface area contributed by atoms with Crippen LogP contribution in [-0.2, 0) is 9.47 Å². The van der Waals surface area contributed by atoms with E-state index < -0.39 is 0 Å². The van der Waals surface area contributed by atoms with Crippen LogP contribution in [0.5, 0.6) is 0 Å². The normalized spacial score (nSPS) is 26.8. The number of hydrogen-bond donors (Lipinski definition) is 0. The van der Waals surface area contributed by atoms with Crippen molar-refractivity contribution in [1.82, 2.24) is 0 Å². The summed E-state index contributed by atoms with van der Waals surface area (Å²) < 4.78 is 12.9. The van der Waals surface area contributed by atoms with E-state index >= 15 is 0 Å².